The Balaban J connectivity index is 1.33. The van der Waals surface area contributed by atoms with E-state index in [4.69, 9.17) is 9.72 Å². The highest BCUT2D eigenvalue weighted by atomic mass is 32.1. The van der Waals surface area contributed by atoms with Gasteiger partial charge in [0.15, 0.2) is 6.10 Å². The summed E-state index contributed by atoms with van der Waals surface area (Å²) in [6, 6.07) is 6.34. The van der Waals surface area contributed by atoms with Crippen molar-refractivity contribution >= 4 is 17.2 Å². The fourth-order valence-corrected chi connectivity index (χ4v) is 5.50. The van der Waals surface area contributed by atoms with Gasteiger partial charge >= 0.3 is 0 Å². The summed E-state index contributed by atoms with van der Waals surface area (Å²) in [5, 5.41) is 3.38. The lowest BCUT2D eigenvalue weighted by molar-refractivity contribution is -0.138. The molecule has 174 valence electrons. The van der Waals surface area contributed by atoms with E-state index in [-0.39, 0.29) is 11.3 Å². The van der Waals surface area contributed by atoms with Crippen molar-refractivity contribution < 1.29 is 9.53 Å². The molecule has 1 amide bonds. The summed E-state index contributed by atoms with van der Waals surface area (Å²) in [7, 11) is 0. The quantitative estimate of drug-likeness (QED) is 0.626. The monoisotopic (exact) mass is 455 g/mol. The van der Waals surface area contributed by atoms with Crippen molar-refractivity contribution in [2.45, 2.75) is 77.9 Å². The van der Waals surface area contributed by atoms with Crippen LogP contribution in [0.15, 0.2) is 23.6 Å². The van der Waals surface area contributed by atoms with Gasteiger partial charge in [-0.3, -0.25) is 9.69 Å². The molecule has 32 heavy (non-hydrogen) atoms. The highest BCUT2D eigenvalue weighted by molar-refractivity contribution is 7.09. The highest BCUT2D eigenvalue weighted by Gasteiger charge is 2.27. The highest BCUT2D eigenvalue weighted by Crippen LogP contribution is 2.28. The van der Waals surface area contributed by atoms with E-state index in [0.717, 1.165) is 63.4 Å². The third-order valence-corrected chi connectivity index (χ3v) is 7.79. The molecule has 1 atom stereocenters. The summed E-state index contributed by atoms with van der Waals surface area (Å²) in [6.45, 7) is 12.9. The zero-order valence-electron chi connectivity index (χ0n) is 20.0. The number of hydrogen-bond donors (Lipinski definition) is 0. The minimum absolute atomic E-state index is 0.0961. The number of rotatable bonds is 6. The van der Waals surface area contributed by atoms with Gasteiger partial charge in [0.25, 0.3) is 5.91 Å². The summed E-state index contributed by atoms with van der Waals surface area (Å²) in [5.74, 6) is 0.957. The van der Waals surface area contributed by atoms with E-state index in [1.54, 1.807) is 11.3 Å². The first-order valence-corrected chi connectivity index (χ1v) is 13.0. The third-order valence-electron chi connectivity index (χ3n) is 6.47. The summed E-state index contributed by atoms with van der Waals surface area (Å²) < 4.78 is 6.19. The molecule has 1 aromatic carbocycles. The molecule has 1 aliphatic heterocycles. The molecule has 1 fully saturated rings. The zero-order chi connectivity index (χ0) is 22.7. The second-order valence-corrected chi connectivity index (χ2v) is 11.0. The molecule has 1 unspecified atom stereocenters. The minimum atomic E-state index is -0.408. The van der Waals surface area contributed by atoms with Crippen LogP contribution in [-0.4, -0.2) is 53.0 Å². The van der Waals surface area contributed by atoms with Gasteiger partial charge in [0.05, 0.1) is 10.7 Å². The maximum Gasteiger partial charge on any atom is 0.263 e. The number of fused-ring (bicyclic) bond motifs is 1. The first kappa shape index (κ1) is 23.2. The van der Waals surface area contributed by atoms with Crippen molar-refractivity contribution in [1.29, 1.82) is 0 Å². The summed E-state index contributed by atoms with van der Waals surface area (Å²) in [5.41, 5.74) is 4.05. The lowest BCUT2D eigenvalue weighted by Gasteiger charge is -2.26. The zero-order valence-corrected chi connectivity index (χ0v) is 20.8. The molecular weight excluding hydrogens is 418 g/mol. The third kappa shape index (κ3) is 5.52. The minimum Gasteiger partial charge on any atom is -0.481 e. The van der Waals surface area contributed by atoms with E-state index in [1.807, 2.05) is 17.9 Å². The van der Waals surface area contributed by atoms with E-state index in [0.29, 0.717) is 6.42 Å². The fraction of sp³-hybridized carbons (Fsp3) is 0.615. The van der Waals surface area contributed by atoms with Crippen LogP contribution in [0, 0.1) is 0 Å². The average molecular weight is 456 g/mol. The van der Waals surface area contributed by atoms with Crippen LogP contribution >= 0.6 is 11.3 Å². The van der Waals surface area contributed by atoms with Gasteiger partial charge in [0, 0.05) is 43.5 Å². The Labute approximate surface area is 196 Å². The predicted octanol–water partition coefficient (Wildman–Crippen LogP) is 4.82. The van der Waals surface area contributed by atoms with E-state index in [2.05, 4.69) is 43.2 Å². The number of thiazole rings is 1. The molecule has 1 saturated heterocycles. The van der Waals surface area contributed by atoms with Crippen LogP contribution < -0.4 is 4.74 Å². The SMILES string of the molecule is CCC(Oc1ccc2c(c1)CCC2)C(=O)N1CCCN(Cc2csc(C(C)(C)C)n2)CC1. The van der Waals surface area contributed by atoms with Crippen LogP contribution in [0.3, 0.4) is 0 Å². The molecule has 0 bridgehead atoms. The Morgan fingerprint density at radius 2 is 1.94 bits per heavy atom. The normalized spacial score (nSPS) is 18.3. The van der Waals surface area contributed by atoms with Gasteiger partial charge in [-0.2, -0.15) is 0 Å². The number of aromatic nitrogens is 1. The number of carbonyl (C=O) groups is 1. The van der Waals surface area contributed by atoms with E-state index >= 15 is 0 Å². The van der Waals surface area contributed by atoms with Crippen LogP contribution in [0.5, 0.6) is 5.75 Å². The molecule has 0 spiro atoms. The smallest absolute Gasteiger partial charge is 0.263 e. The van der Waals surface area contributed by atoms with E-state index < -0.39 is 6.10 Å². The number of nitrogens with zero attached hydrogens (tertiary/aromatic N) is 3. The van der Waals surface area contributed by atoms with Gasteiger partial charge in [-0.25, -0.2) is 4.98 Å². The largest absolute Gasteiger partial charge is 0.481 e. The van der Waals surface area contributed by atoms with Crippen molar-refractivity contribution in [3.05, 3.63) is 45.4 Å². The van der Waals surface area contributed by atoms with Crippen molar-refractivity contribution in [2.75, 3.05) is 26.2 Å². The molecule has 0 radical (unpaired) electrons. The van der Waals surface area contributed by atoms with E-state index in [1.165, 1.54) is 22.6 Å². The van der Waals surface area contributed by atoms with Crippen LogP contribution in [0.1, 0.15) is 68.8 Å². The van der Waals surface area contributed by atoms with Crippen LogP contribution in [0.2, 0.25) is 0 Å². The lowest BCUT2D eigenvalue weighted by atomic mass is 9.98. The molecule has 6 heteroatoms. The molecule has 1 aromatic heterocycles. The molecule has 2 aliphatic rings. The van der Waals surface area contributed by atoms with Crippen LogP contribution in [-0.2, 0) is 29.6 Å². The van der Waals surface area contributed by atoms with E-state index in [9.17, 15) is 4.79 Å². The van der Waals surface area contributed by atoms with Gasteiger partial charge in [0.2, 0.25) is 0 Å². The van der Waals surface area contributed by atoms with Crippen molar-refractivity contribution in [1.82, 2.24) is 14.8 Å². The summed E-state index contributed by atoms with van der Waals surface area (Å²) >= 11 is 1.75. The number of benzene rings is 1. The standard InChI is InChI=1S/C26H37N3O2S/c1-5-23(31-22-11-10-19-8-6-9-20(19)16-22)24(30)29-13-7-12-28(14-15-29)17-21-18-32-25(27-21)26(2,3)4/h10-11,16,18,23H,5-9,12-15,17H2,1-4H3. The van der Waals surface area contributed by atoms with Crippen LogP contribution in [0.25, 0.3) is 0 Å². The van der Waals surface area contributed by atoms with Crippen molar-refractivity contribution in [3.63, 3.8) is 0 Å². The van der Waals surface area contributed by atoms with Crippen molar-refractivity contribution in [2.24, 2.45) is 0 Å². The first-order valence-electron chi connectivity index (χ1n) is 12.1. The number of aryl methyl sites for hydroxylation is 2. The lowest BCUT2D eigenvalue weighted by Crippen LogP contribution is -2.43. The van der Waals surface area contributed by atoms with Gasteiger partial charge in [-0.05, 0) is 55.4 Å². The number of hydrogen-bond acceptors (Lipinski definition) is 5. The number of ether oxygens (including phenoxy) is 1. The summed E-state index contributed by atoms with van der Waals surface area (Å²) in [4.78, 5) is 22.6. The number of amides is 1. The predicted molar refractivity (Wildman–Crippen MR) is 130 cm³/mol. The molecular formula is C26H37N3O2S. The maximum absolute atomic E-state index is 13.3. The second kappa shape index (κ2) is 9.92. The molecule has 0 saturated carbocycles. The molecule has 4 rings (SSSR count). The maximum atomic E-state index is 13.3. The fourth-order valence-electron chi connectivity index (χ4n) is 4.60. The Morgan fingerprint density at radius 3 is 2.69 bits per heavy atom. The van der Waals surface area contributed by atoms with Crippen LogP contribution in [0.4, 0.5) is 0 Å². The Kier molecular flexibility index (Phi) is 7.21. The molecule has 1 aliphatic carbocycles. The van der Waals surface area contributed by atoms with Gasteiger partial charge in [-0.15, -0.1) is 11.3 Å². The first-order chi connectivity index (χ1) is 15.3. The molecule has 5 nitrogen and oxygen atoms in total. The number of carbonyl (C=O) groups excluding carboxylic acids is 1. The molecule has 2 aromatic rings. The summed E-state index contributed by atoms with van der Waals surface area (Å²) in [6.07, 6.45) is 4.76. The Hall–Kier alpha value is -1.92. The van der Waals surface area contributed by atoms with Crippen molar-refractivity contribution in [3.8, 4) is 5.75 Å². The Bertz CT molecular complexity index is 933. The second-order valence-electron chi connectivity index (χ2n) is 10.1. The Morgan fingerprint density at radius 1 is 1.12 bits per heavy atom. The molecule has 0 N–H and O–H groups in total. The average Bonchev–Trinajstić information content (AvgIpc) is 3.36. The van der Waals surface area contributed by atoms with Gasteiger partial charge in [0.1, 0.15) is 5.75 Å². The molecule has 2 heterocycles. The van der Waals surface area contributed by atoms with Gasteiger partial charge in [-0.1, -0.05) is 33.8 Å². The van der Waals surface area contributed by atoms with Gasteiger partial charge < -0.3 is 9.64 Å². The topological polar surface area (TPSA) is 45.7 Å².